The highest BCUT2D eigenvalue weighted by Crippen LogP contribution is 2.31. The SMILES string of the molecule is O=C(C1CCN(S(=O)(=O)c2cc(Cl)ccc2Cl)CC1)N1CCN(c2ccccc2)CC1. The lowest BCUT2D eigenvalue weighted by atomic mass is 9.96. The van der Waals surface area contributed by atoms with Crippen LogP contribution >= 0.6 is 23.2 Å². The van der Waals surface area contributed by atoms with Gasteiger partial charge in [0, 0.05) is 55.9 Å². The number of sulfonamides is 1. The summed E-state index contributed by atoms with van der Waals surface area (Å²) in [6, 6.07) is 14.6. The molecule has 166 valence electrons. The van der Waals surface area contributed by atoms with E-state index in [1.165, 1.54) is 22.1 Å². The van der Waals surface area contributed by atoms with Crippen molar-refractivity contribution >= 4 is 44.8 Å². The molecule has 2 aliphatic heterocycles. The normalized spacial score (nSPS) is 18.9. The number of hydrogen-bond donors (Lipinski definition) is 0. The van der Waals surface area contributed by atoms with Gasteiger partial charge in [-0.3, -0.25) is 4.79 Å². The first kappa shape index (κ1) is 22.4. The Morgan fingerprint density at radius 1 is 0.871 bits per heavy atom. The second-order valence-electron chi connectivity index (χ2n) is 7.90. The Labute approximate surface area is 193 Å². The summed E-state index contributed by atoms with van der Waals surface area (Å²) in [5.74, 6) is -0.0184. The molecule has 0 saturated carbocycles. The Morgan fingerprint density at radius 2 is 1.52 bits per heavy atom. The summed E-state index contributed by atoms with van der Waals surface area (Å²) in [6.45, 7) is 3.57. The van der Waals surface area contributed by atoms with E-state index in [1.807, 2.05) is 23.1 Å². The van der Waals surface area contributed by atoms with Gasteiger partial charge in [-0.15, -0.1) is 0 Å². The maximum Gasteiger partial charge on any atom is 0.244 e. The van der Waals surface area contributed by atoms with Crippen molar-refractivity contribution in [3.8, 4) is 0 Å². The van der Waals surface area contributed by atoms with Gasteiger partial charge in [0.2, 0.25) is 15.9 Å². The number of para-hydroxylation sites is 1. The largest absolute Gasteiger partial charge is 0.368 e. The van der Waals surface area contributed by atoms with Crippen LogP contribution < -0.4 is 4.90 Å². The summed E-state index contributed by atoms with van der Waals surface area (Å²) in [5.41, 5.74) is 1.17. The van der Waals surface area contributed by atoms with E-state index >= 15 is 0 Å². The average Bonchev–Trinajstić information content (AvgIpc) is 2.81. The highest BCUT2D eigenvalue weighted by Gasteiger charge is 2.35. The highest BCUT2D eigenvalue weighted by atomic mass is 35.5. The van der Waals surface area contributed by atoms with E-state index in [0.29, 0.717) is 44.0 Å². The third-order valence-corrected chi connectivity index (χ3v) is 8.64. The van der Waals surface area contributed by atoms with Gasteiger partial charge in [0.15, 0.2) is 0 Å². The fourth-order valence-corrected chi connectivity index (χ4v) is 6.45. The quantitative estimate of drug-likeness (QED) is 0.666. The van der Waals surface area contributed by atoms with Crippen molar-refractivity contribution in [3.05, 3.63) is 58.6 Å². The second kappa shape index (κ2) is 9.36. The molecule has 6 nitrogen and oxygen atoms in total. The van der Waals surface area contributed by atoms with Crippen molar-refractivity contribution in [1.29, 1.82) is 0 Å². The van der Waals surface area contributed by atoms with Crippen LogP contribution in [0.15, 0.2) is 53.4 Å². The lowest BCUT2D eigenvalue weighted by Gasteiger charge is -2.39. The number of halogens is 2. The monoisotopic (exact) mass is 481 g/mol. The van der Waals surface area contributed by atoms with Gasteiger partial charge in [-0.25, -0.2) is 8.42 Å². The van der Waals surface area contributed by atoms with E-state index < -0.39 is 10.0 Å². The molecular formula is C22H25Cl2N3O3S. The first-order valence-electron chi connectivity index (χ1n) is 10.4. The van der Waals surface area contributed by atoms with Crippen LogP contribution in [-0.2, 0) is 14.8 Å². The van der Waals surface area contributed by atoms with E-state index in [1.54, 1.807) is 6.07 Å². The Bertz CT molecular complexity index is 1030. The molecule has 2 heterocycles. The molecule has 0 unspecified atom stereocenters. The van der Waals surface area contributed by atoms with E-state index in [2.05, 4.69) is 17.0 Å². The van der Waals surface area contributed by atoms with Crippen molar-refractivity contribution in [3.63, 3.8) is 0 Å². The van der Waals surface area contributed by atoms with Crippen molar-refractivity contribution in [1.82, 2.24) is 9.21 Å². The molecule has 0 aromatic heterocycles. The molecule has 0 spiro atoms. The summed E-state index contributed by atoms with van der Waals surface area (Å²) < 4.78 is 27.4. The number of carbonyl (C=O) groups is 1. The molecule has 0 N–H and O–H groups in total. The van der Waals surface area contributed by atoms with Crippen molar-refractivity contribution in [2.75, 3.05) is 44.2 Å². The minimum absolute atomic E-state index is 0.0171. The van der Waals surface area contributed by atoms with Crippen LogP contribution in [-0.4, -0.2) is 62.8 Å². The summed E-state index contributed by atoms with van der Waals surface area (Å²) >= 11 is 12.1. The lowest BCUT2D eigenvalue weighted by molar-refractivity contribution is -0.137. The number of nitrogens with zero attached hydrogens (tertiary/aromatic N) is 3. The van der Waals surface area contributed by atoms with Gasteiger partial charge in [-0.05, 0) is 43.2 Å². The first-order valence-corrected chi connectivity index (χ1v) is 12.6. The van der Waals surface area contributed by atoms with Crippen LogP contribution in [0.5, 0.6) is 0 Å². The molecule has 0 aliphatic carbocycles. The third kappa shape index (κ3) is 4.85. The number of anilines is 1. The standard InChI is InChI=1S/C22H25Cl2N3O3S/c23-18-6-7-20(24)21(16-18)31(29,30)27-10-8-17(9-11-27)22(28)26-14-12-25(13-15-26)19-4-2-1-3-5-19/h1-7,16-17H,8-15H2. The zero-order valence-corrected chi connectivity index (χ0v) is 19.4. The van der Waals surface area contributed by atoms with Crippen molar-refractivity contribution in [2.24, 2.45) is 5.92 Å². The zero-order chi connectivity index (χ0) is 22.0. The molecule has 2 saturated heterocycles. The second-order valence-corrected chi connectivity index (χ2v) is 10.7. The summed E-state index contributed by atoms with van der Waals surface area (Å²) in [5, 5.41) is 0.474. The minimum Gasteiger partial charge on any atom is -0.368 e. The molecule has 4 rings (SSSR count). The molecule has 2 aliphatic rings. The van der Waals surface area contributed by atoms with Gasteiger partial charge in [-0.1, -0.05) is 41.4 Å². The Hall–Kier alpha value is -1.80. The maximum atomic E-state index is 13.0. The topological polar surface area (TPSA) is 60.9 Å². The molecular weight excluding hydrogens is 457 g/mol. The average molecular weight is 482 g/mol. The first-order chi connectivity index (χ1) is 14.9. The van der Waals surface area contributed by atoms with Crippen LogP contribution in [0.3, 0.4) is 0 Å². The van der Waals surface area contributed by atoms with E-state index in [-0.39, 0.29) is 21.7 Å². The van der Waals surface area contributed by atoms with Crippen LogP contribution in [0.2, 0.25) is 10.0 Å². The third-order valence-electron chi connectivity index (χ3n) is 6.03. The molecule has 0 bridgehead atoms. The molecule has 0 radical (unpaired) electrons. The molecule has 2 aromatic carbocycles. The fraction of sp³-hybridized carbons (Fsp3) is 0.409. The number of benzene rings is 2. The Balaban J connectivity index is 1.34. The molecule has 31 heavy (non-hydrogen) atoms. The van der Waals surface area contributed by atoms with Gasteiger partial charge >= 0.3 is 0 Å². The van der Waals surface area contributed by atoms with Crippen LogP contribution in [0, 0.1) is 5.92 Å². The lowest BCUT2D eigenvalue weighted by Crippen LogP contribution is -2.52. The van der Waals surface area contributed by atoms with Gasteiger partial charge < -0.3 is 9.80 Å². The fourth-order valence-electron chi connectivity index (χ4n) is 4.24. The predicted octanol–water partition coefficient (Wildman–Crippen LogP) is 3.74. The molecule has 1 amide bonds. The minimum atomic E-state index is -3.74. The number of hydrogen-bond acceptors (Lipinski definition) is 4. The number of carbonyl (C=O) groups excluding carboxylic acids is 1. The van der Waals surface area contributed by atoms with Crippen molar-refractivity contribution in [2.45, 2.75) is 17.7 Å². The van der Waals surface area contributed by atoms with E-state index in [9.17, 15) is 13.2 Å². The smallest absolute Gasteiger partial charge is 0.244 e. The Kier molecular flexibility index (Phi) is 6.77. The zero-order valence-electron chi connectivity index (χ0n) is 17.1. The van der Waals surface area contributed by atoms with Crippen LogP contribution in [0.1, 0.15) is 12.8 Å². The molecule has 9 heteroatoms. The van der Waals surface area contributed by atoms with E-state index in [0.717, 1.165) is 13.1 Å². The molecule has 2 fully saturated rings. The molecule has 2 aromatic rings. The van der Waals surface area contributed by atoms with Gasteiger partial charge in [0.05, 0.1) is 5.02 Å². The maximum absolute atomic E-state index is 13.0. The molecule has 0 atom stereocenters. The number of amides is 1. The summed E-state index contributed by atoms with van der Waals surface area (Å²) in [6.07, 6.45) is 1.02. The van der Waals surface area contributed by atoms with Crippen molar-refractivity contribution < 1.29 is 13.2 Å². The predicted molar refractivity (Wildman–Crippen MR) is 123 cm³/mol. The number of piperidine rings is 1. The van der Waals surface area contributed by atoms with Crippen LogP contribution in [0.25, 0.3) is 0 Å². The van der Waals surface area contributed by atoms with E-state index in [4.69, 9.17) is 23.2 Å². The number of rotatable bonds is 4. The summed E-state index contributed by atoms with van der Waals surface area (Å²) in [4.78, 5) is 17.2. The Morgan fingerprint density at radius 3 is 2.16 bits per heavy atom. The van der Waals surface area contributed by atoms with Gasteiger partial charge in [-0.2, -0.15) is 4.31 Å². The highest BCUT2D eigenvalue weighted by molar-refractivity contribution is 7.89. The summed E-state index contributed by atoms with van der Waals surface area (Å²) in [7, 11) is -3.74. The van der Waals surface area contributed by atoms with Gasteiger partial charge in [0.25, 0.3) is 0 Å². The number of piperazine rings is 1. The van der Waals surface area contributed by atoms with Gasteiger partial charge in [0.1, 0.15) is 4.90 Å². The van der Waals surface area contributed by atoms with Crippen LogP contribution in [0.4, 0.5) is 5.69 Å².